The Morgan fingerprint density at radius 1 is 1.19 bits per heavy atom. The first kappa shape index (κ1) is 15.7. The molecular weight excluding hydrogens is 288 g/mol. The van der Waals surface area contributed by atoms with Gasteiger partial charge in [-0.05, 0) is 43.7 Å². The lowest BCUT2D eigenvalue weighted by atomic mass is 10.1. The van der Waals surface area contributed by atoms with E-state index in [1.54, 1.807) is 19.2 Å². The fourth-order valence-corrected chi connectivity index (χ4v) is 3.46. The van der Waals surface area contributed by atoms with E-state index >= 15 is 0 Å². The van der Waals surface area contributed by atoms with Gasteiger partial charge >= 0.3 is 0 Å². The van der Waals surface area contributed by atoms with Crippen LogP contribution in [0.15, 0.2) is 29.6 Å². The molecule has 7 heteroatoms. The topological polar surface area (TPSA) is 86.9 Å². The number of H-pyrrole nitrogens is 1. The van der Waals surface area contributed by atoms with Crippen LogP contribution in [0.5, 0.6) is 0 Å². The Morgan fingerprint density at radius 2 is 1.95 bits per heavy atom. The Labute approximate surface area is 125 Å². The summed E-state index contributed by atoms with van der Waals surface area (Å²) in [5.41, 5.74) is 3.52. The van der Waals surface area contributed by atoms with Gasteiger partial charge in [0.1, 0.15) is 0 Å². The van der Waals surface area contributed by atoms with Crippen molar-refractivity contribution in [1.29, 1.82) is 0 Å². The van der Waals surface area contributed by atoms with E-state index < -0.39 is 10.0 Å². The number of benzene rings is 1. The van der Waals surface area contributed by atoms with Gasteiger partial charge in [0.05, 0.1) is 17.8 Å². The van der Waals surface area contributed by atoms with Gasteiger partial charge in [-0.25, -0.2) is 18.1 Å². The average Bonchev–Trinajstić information content (AvgIpc) is 2.93. The molecule has 0 saturated carbocycles. The van der Waals surface area contributed by atoms with Gasteiger partial charge in [-0.3, -0.25) is 0 Å². The highest BCUT2D eigenvalue weighted by Gasteiger charge is 2.18. The van der Waals surface area contributed by atoms with Crippen molar-refractivity contribution in [2.24, 2.45) is 0 Å². The summed E-state index contributed by atoms with van der Waals surface area (Å²) in [6.45, 7) is 4.61. The second kappa shape index (κ2) is 6.38. The second-order valence-corrected chi connectivity index (χ2v) is 6.71. The SMILES string of the molecule is CNCc1cc(S(=O)(=O)NCc2cnc[nH]2)c(C)cc1C. The van der Waals surface area contributed by atoms with Crippen molar-refractivity contribution in [1.82, 2.24) is 20.0 Å². The van der Waals surface area contributed by atoms with Gasteiger partial charge in [-0.1, -0.05) is 6.07 Å². The zero-order chi connectivity index (χ0) is 15.5. The molecule has 0 aliphatic heterocycles. The number of aromatic nitrogens is 2. The molecule has 0 saturated heterocycles. The molecular formula is C14H20N4O2S. The van der Waals surface area contributed by atoms with E-state index in [1.807, 2.05) is 20.0 Å². The van der Waals surface area contributed by atoms with E-state index in [1.165, 1.54) is 6.33 Å². The fraction of sp³-hybridized carbons (Fsp3) is 0.357. The number of aryl methyl sites for hydroxylation is 2. The van der Waals surface area contributed by atoms with Crippen LogP contribution in [-0.2, 0) is 23.1 Å². The monoisotopic (exact) mass is 308 g/mol. The standard InChI is InChI=1S/C14H20N4O2S/c1-10-4-11(2)14(5-12(10)6-15-3)21(19,20)18-8-13-7-16-9-17-13/h4-5,7,9,15,18H,6,8H2,1-3H3,(H,16,17). The number of hydrogen-bond donors (Lipinski definition) is 3. The van der Waals surface area contributed by atoms with Gasteiger partial charge in [-0.15, -0.1) is 0 Å². The molecule has 0 aliphatic rings. The Morgan fingerprint density at radius 3 is 2.57 bits per heavy atom. The zero-order valence-electron chi connectivity index (χ0n) is 12.4. The van der Waals surface area contributed by atoms with E-state index in [9.17, 15) is 8.42 Å². The molecule has 0 fully saturated rings. The molecule has 2 rings (SSSR count). The number of nitrogens with one attached hydrogen (secondary N) is 3. The van der Waals surface area contributed by atoms with Gasteiger partial charge in [0.25, 0.3) is 0 Å². The van der Waals surface area contributed by atoms with Crippen LogP contribution in [0.2, 0.25) is 0 Å². The third-order valence-corrected chi connectivity index (χ3v) is 4.84. The van der Waals surface area contributed by atoms with E-state index in [0.29, 0.717) is 11.4 Å². The van der Waals surface area contributed by atoms with E-state index in [4.69, 9.17) is 0 Å². The fourth-order valence-electron chi connectivity index (χ4n) is 2.18. The Balaban J connectivity index is 2.28. The van der Waals surface area contributed by atoms with Gasteiger partial charge in [0, 0.05) is 18.4 Å². The summed E-state index contributed by atoms with van der Waals surface area (Å²) in [5, 5.41) is 3.05. The summed E-state index contributed by atoms with van der Waals surface area (Å²) >= 11 is 0. The lowest BCUT2D eigenvalue weighted by Crippen LogP contribution is -2.24. The van der Waals surface area contributed by atoms with Gasteiger partial charge in [0.15, 0.2) is 0 Å². The predicted molar refractivity (Wildman–Crippen MR) is 81.3 cm³/mol. The van der Waals surface area contributed by atoms with Crippen LogP contribution in [0.4, 0.5) is 0 Å². The number of nitrogens with zero attached hydrogens (tertiary/aromatic N) is 1. The number of imidazole rings is 1. The Bertz CT molecular complexity index is 709. The van der Waals surface area contributed by atoms with Crippen molar-refractivity contribution in [2.45, 2.75) is 31.8 Å². The second-order valence-electron chi connectivity index (χ2n) is 4.98. The summed E-state index contributed by atoms with van der Waals surface area (Å²) in [6, 6.07) is 3.63. The van der Waals surface area contributed by atoms with Crippen LogP contribution >= 0.6 is 0 Å². The number of hydrogen-bond acceptors (Lipinski definition) is 4. The van der Waals surface area contributed by atoms with Crippen molar-refractivity contribution >= 4 is 10.0 Å². The molecule has 0 amide bonds. The molecule has 3 N–H and O–H groups in total. The predicted octanol–water partition coefficient (Wildman–Crippen LogP) is 1.22. The van der Waals surface area contributed by atoms with E-state index in [2.05, 4.69) is 20.0 Å². The lowest BCUT2D eigenvalue weighted by Gasteiger charge is -2.13. The molecule has 0 bridgehead atoms. The third-order valence-electron chi connectivity index (χ3n) is 3.30. The quantitative estimate of drug-likeness (QED) is 0.749. The van der Waals surface area contributed by atoms with Gasteiger partial charge in [0.2, 0.25) is 10.0 Å². The maximum atomic E-state index is 12.5. The van der Waals surface area contributed by atoms with Crippen LogP contribution in [0.3, 0.4) is 0 Å². The van der Waals surface area contributed by atoms with Crippen molar-refractivity contribution < 1.29 is 8.42 Å². The van der Waals surface area contributed by atoms with E-state index in [-0.39, 0.29) is 6.54 Å². The van der Waals surface area contributed by atoms with Crippen molar-refractivity contribution in [3.8, 4) is 0 Å². The van der Waals surface area contributed by atoms with Gasteiger partial charge < -0.3 is 10.3 Å². The molecule has 1 aromatic carbocycles. The first-order valence-electron chi connectivity index (χ1n) is 6.65. The van der Waals surface area contributed by atoms with Crippen molar-refractivity contribution in [2.75, 3.05) is 7.05 Å². The molecule has 21 heavy (non-hydrogen) atoms. The minimum atomic E-state index is -3.55. The van der Waals surface area contributed by atoms with Crippen molar-refractivity contribution in [3.05, 3.63) is 47.0 Å². The highest BCUT2D eigenvalue weighted by atomic mass is 32.2. The van der Waals surface area contributed by atoms with E-state index in [0.717, 1.165) is 22.4 Å². The molecule has 2 aromatic rings. The van der Waals surface area contributed by atoms with Crippen LogP contribution in [0, 0.1) is 13.8 Å². The summed E-state index contributed by atoms with van der Waals surface area (Å²) < 4.78 is 27.5. The third kappa shape index (κ3) is 3.69. The molecule has 114 valence electrons. The molecule has 0 radical (unpaired) electrons. The molecule has 1 heterocycles. The zero-order valence-corrected chi connectivity index (χ0v) is 13.2. The van der Waals surface area contributed by atoms with Crippen molar-refractivity contribution in [3.63, 3.8) is 0 Å². The molecule has 0 aliphatic carbocycles. The Hall–Kier alpha value is -1.70. The first-order chi connectivity index (χ1) is 9.94. The molecule has 6 nitrogen and oxygen atoms in total. The van der Waals surface area contributed by atoms with Crippen LogP contribution in [-0.4, -0.2) is 25.4 Å². The summed E-state index contributed by atoms with van der Waals surface area (Å²) in [6.07, 6.45) is 3.11. The van der Waals surface area contributed by atoms with Crippen LogP contribution in [0.1, 0.15) is 22.4 Å². The summed E-state index contributed by atoms with van der Waals surface area (Å²) in [4.78, 5) is 7.05. The molecule has 1 aromatic heterocycles. The molecule has 0 atom stereocenters. The average molecular weight is 308 g/mol. The maximum absolute atomic E-state index is 12.5. The number of rotatable bonds is 6. The smallest absolute Gasteiger partial charge is 0.241 e. The Kier molecular flexibility index (Phi) is 4.76. The normalized spacial score (nSPS) is 11.8. The highest BCUT2D eigenvalue weighted by Crippen LogP contribution is 2.20. The largest absolute Gasteiger partial charge is 0.347 e. The highest BCUT2D eigenvalue weighted by molar-refractivity contribution is 7.89. The molecule has 0 spiro atoms. The summed E-state index contributed by atoms with van der Waals surface area (Å²) in [5.74, 6) is 0. The first-order valence-corrected chi connectivity index (χ1v) is 8.14. The number of aromatic amines is 1. The lowest BCUT2D eigenvalue weighted by molar-refractivity contribution is 0.579. The summed E-state index contributed by atoms with van der Waals surface area (Å²) in [7, 11) is -1.71. The van der Waals surface area contributed by atoms with Crippen LogP contribution in [0.25, 0.3) is 0 Å². The van der Waals surface area contributed by atoms with Crippen LogP contribution < -0.4 is 10.0 Å². The minimum Gasteiger partial charge on any atom is -0.347 e. The molecule has 0 unspecified atom stereocenters. The minimum absolute atomic E-state index is 0.191. The van der Waals surface area contributed by atoms with Gasteiger partial charge in [-0.2, -0.15) is 0 Å². The maximum Gasteiger partial charge on any atom is 0.241 e. The number of sulfonamides is 1.